The highest BCUT2D eigenvalue weighted by molar-refractivity contribution is 6.22. The van der Waals surface area contributed by atoms with Gasteiger partial charge >= 0.3 is 5.97 Å². The van der Waals surface area contributed by atoms with Gasteiger partial charge in [0.2, 0.25) is 17.7 Å². The van der Waals surface area contributed by atoms with Crippen LogP contribution in [0.25, 0.3) is 0 Å². The van der Waals surface area contributed by atoms with Crippen molar-refractivity contribution in [2.45, 2.75) is 46.0 Å². The van der Waals surface area contributed by atoms with Crippen LogP contribution in [-0.4, -0.2) is 30.2 Å². The van der Waals surface area contributed by atoms with Crippen LogP contribution in [0.3, 0.4) is 0 Å². The van der Waals surface area contributed by atoms with Crippen LogP contribution in [-0.2, 0) is 32.0 Å². The largest absolute Gasteiger partial charge is 0.426 e. The minimum absolute atomic E-state index is 0.0788. The Kier molecular flexibility index (Phi) is 6.48. The van der Waals surface area contributed by atoms with Gasteiger partial charge in [-0.3, -0.25) is 24.1 Å². The van der Waals surface area contributed by atoms with Crippen LogP contribution in [0.4, 0.5) is 11.4 Å². The van der Waals surface area contributed by atoms with Gasteiger partial charge in [-0.1, -0.05) is 44.2 Å². The third-order valence-corrected chi connectivity index (χ3v) is 7.51. The molecule has 1 aliphatic carbocycles. The fourth-order valence-electron chi connectivity index (χ4n) is 5.56. The van der Waals surface area contributed by atoms with Gasteiger partial charge < -0.3 is 9.64 Å². The van der Waals surface area contributed by atoms with Gasteiger partial charge in [0.05, 0.1) is 23.4 Å². The number of hydrogen-bond donors (Lipinski definition) is 0. The number of esters is 1. The molecule has 186 valence electrons. The Hall–Kier alpha value is -3.74. The minimum Gasteiger partial charge on any atom is -0.426 e. The maximum Gasteiger partial charge on any atom is 0.316 e. The molecule has 2 fully saturated rings. The second-order valence-corrected chi connectivity index (χ2v) is 9.62. The number of nitrogens with zero attached hydrogens (tertiary/aromatic N) is 2. The summed E-state index contributed by atoms with van der Waals surface area (Å²) in [6.07, 6.45) is 6.78. The average Bonchev–Trinajstić information content (AvgIpc) is 3.41. The normalized spacial score (nSPS) is 23.4. The SMILES string of the molecule is CCc1cccc(CC)c1N1C[C@H](C(=O)Oc2ccc(N3C(=O)[C@H]4CC=CC[C@@H]4C3=O)cc2)CC1=O. The van der Waals surface area contributed by atoms with Crippen molar-refractivity contribution in [1.82, 2.24) is 0 Å². The number of fused-ring (bicyclic) bond motifs is 1. The first-order chi connectivity index (χ1) is 17.4. The van der Waals surface area contributed by atoms with Gasteiger partial charge in [-0.15, -0.1) is 0 Å². The molecular weight excluding hydrogens is 456 g/mol. The van der Waals surface area contributed by atoms with E-state index in [9.17, 15) is 19.2 Å². The molecule has 3 aliphatic rings. The van der Waals surface area contributed by atoms with E-state index in [4.69, 9.17) is 4.74 Å². The van der Waals surface area contributed by atoms with Gasteiger partial charge in [-0.25, -0.2) is 0 Å². The van der Waals surface area contributed by atoms with Crippen LogP contribution in [0, 0.1) is 17.8 Å². The molecule has 7 nitrogen and oxygen atoms in total. The van der Waals surface area contributed by atoms with Crippen molar-refractivity contribution in [3.8, 4) is 5.75 Å². The Bertz CT molecular complexity index is 1200. The molecule has 2 aliphatic heterocycles. The zero-order valence-electron chi connectivity index (χ0n) is 20.6. The summed E-state index contributed by atoms with van der Waals surface area (Å²) in [7, 11) is 0. The lowest BCUT2D eigenvalue weighted by molar-refractivity contribution is -0.139. The molecule has 0 aromatic heterocycles. The predicted molar refractivity (Wildman–Crippen MR) is 136 cm³/mol. The third-order valence-electron chi connectivity index (χ3n) is 7.51. The highest BCUT2D eigenvalue weighted by Gasteiger charge is 2.47. The molecule has 0 N–H and O–H groups in total. The van der Waals surface area contributed by atoms with E-state index in [1.54, 1.807) is 29.2 Å². The molecule has 7 heteroatoms. The predicted octanol–water partition coefficient (Wildman–Crippen LogP) is 4.23. The van der Waals surface area contributed by atoms with Crippen molar-refractivity contribution < 1.29 is 23.9 Å². The van der Waals surface area contributed by atoms with E-state index in [2.05, 4.69) is 13.8 Å². The fraction of sp³-hybridized carbons (Fsp3) is 0.379. The van der Waals surface area contributed by atoms with Gasteiger partial charge in [-0.2, -0.15) is 0 Å². The smallest absolute Gasteiger partial charge is 0.316 e. The van der Waals surface area contributed by atoms with Crippen molar-refractivity contribution in [3.63, 3.8) is 0 Å². The van der Waals surface area contributed by atoms with E-state index < -0.39 is 11.9 Å². The Labute approximate surface area is 210 Å². The van der Waals surface area contributed by atoms with E-state index in [-0.39, 0.29) is 42.5 Å². The molecule has 0 spiro atoms. The summed E-state index contributed by atoms with van der Waals surface area (Å²) in [6, 6.07) is 12.5. The van der Waals surface area contributed by atoms with E-state index >= 15 is 0 Å². The topological polar surface area (TPSA) is 84.0 Å². The molecule has 0 bridgehead atoms. The zero-order chi connectivity index (χ0) is 25.4. The Morgan fingerprint density at radius 3 is 2.03 bits per heavy atom. The molecule has 36 heavy (non-hydrogen) atoms. The first kappa shape index (κ1) is 24.0. The van der Waals surface area contributed by atoms with Crippen molar-refractivity contribution in [3.05, 3.63) is 65.7 Å². The van der Waals surface area contributed by atoms with Crippen LogP contribution >= 0.6 is 0 Å². The van der Waals surface area contributed by atoms with Crippen molar-refractivity contribution in [1.29, 1.82) is 0 Å². The number of benzene rings is 2. The molecule has 2 heterocycles. The number of allylic oxidation sites excluding steroid dienone is 2. The summed E-state index contributed by atoms with van der Waals surface area (Å²) in [6.45, 7) is 4.40. The van der Waals surface area contributed by atoms with Crippen LogP contribution in [0.1, 0.15) is 44.2 Å². The summed E-state index contributed by atoms with van der Waals surface area (Å²) in [5.74, 6) is -1.74. The molecule has 0 saturated carbocycles. The summed E-state index contributed by atoms with van der Waals surface area (Å²) in [5, 5.41) is 0. The van der Waals surface area contributed by atoms with Gasteiger partial charge in [0.15, 0.2) is 0 Å². The lowest BCUT2D eigenvalue weighted by Crippen LogP contribution is -2.30. The highest BCUT2D eigenvalue weighted by atomic mass is 16.5. The fourth-order valence-corrected chi connectivity index (χ4v) is 5.56. The van der Waals surface area contributed by atoms with Gasteiger partial charge in [0.1, 0.15) is 5.75 Å². The maximum atomic E-state index is 12.9. The number of imide groups is 1. The van der Waals surface area contributed by atoms with Crippen molar-refractivity contribution >= 4 is 35.1 Å². The Morgan fingerprint density at radius 1 is 0.889 bits per heavy atom. The average molecular weight is 487 g/mol. The molecule has 2 aromatic carbocycles. The van der Waals surface area contributed by atoms with Crippen molar-refractivity contribution in [2.24, 2.45) is 17.8 Å². The Morgan fingerprint density at radius 2 is 1.47 bits per heavy atom. The first-order valence-corrected chi connectivity index (χ1v) is 12.7. The number of aryl methyl sites for hydroxylation is 2. The van der Waals surface area contributed by atoms with E-state index in [1.165, 1.54) is 4.90 Å². The van der Waals surface area contributed by atoms with Gasteiger partial charge in [0, 0.05) is 18.7 Å². The molecule has 3 atom stereocenters. The molecule has 5 rings (SSSR count). The van der Waals surface area contributed by atoms with Crippen molar-refractivity contribution in [2.75, 3.05) is 16.3 Å². The van der Waals surface area contributed by atoms with E-state index in [1.807, 2.05) is 30.4 Å². The number of amides is 3. The summed E-state index contributed by atoms with van der Waals surface area (Å²) < 4.78 is 5.59. The highest BCUT2D eigenvalue weighted by Crippen LogP contribution is 2.38. The summed E-state index contributed by atoms with van der Waals surface area (Å²) >= 11 is 0. The number of carbonyl (C=O) groups excluding carboxylic acids is 4. The number of carbonyl (C=O) groups is 4. The summed E-state index contributed by atoms with van der Waals surface area (Å²) in [4.78, 5) is 54.4. The first-order valence-electron chi connectivity index (χ1n) is 12.7. The summed E-state index contributed by atoms with van der Waals surface area (Å²) in [5.41, 5.74) is 3.58. The number of para-hydroxylation sites is 1. The lowest BCUT2D eigenvalue weighted by atomic mass is 9.85. The molecular formula is C29H30N2O5. The number of hydrogen-bond acceptors (Lipinski definition) is 5. The number of ether oxygens (including phenoxy) is 1. The van der Waals surface area contributed by atoms with Gasteiger partial charge in [0.25, 0.3) is 0 Å². The van der Waals surface area contributed by atoms with Crippen LogP contribution in [0.15, 0.2) is 54.6 Å². The second-order valence-electron chi connectivity index (χ2n) is 9.62. The monoisotopic (exact) mass is 486 g/mol. The van der Waals surface area contributed by atoms with Crippen LogP contribution in [0.5, 0.6) is 5.75 Å². The second kappa shape index (κ2) is 9.72. The van der Waals surface area contributed by atoms with Gasteiger partial charge in [-0.05, 0) is 61.1 Å². The minimum atomic E-state index is -0.566. The Balaban J connectivity index is 1.27. The lowest BCUT2D eigenvalue weighted by Gasteiger charge is -2.23. The molecule has 0 unspecified atom stereocenters. The van der Waals surface area contributed by atoms with E-state index in [0.29, 0.717) is 24.3 Å². The molecule has 3 amide bonds. The molecule has 2 saturated heterocycles. The zero-order valence-corrected chi connectivity index (χ0v) is 20.6. The molecule has 0 radical (unpaired) electrons. The van der Waals surface area contributed by atoms with Crippen LogP contribution in [0.2, 0.25) is 0 Å². The van der Waals surface area contributed by atoms with E-state index in [0.717, 1.165) is 29.7 Å². The third kappa shape index (κ3) is 4.12. The molecule has 2 aromatic rings. The van der Waals surface area contributed by atoms with Crippen LogP contribution < -0.4 is 14.5 Å². The number of anilines is 2. The standard InChI is InChI=1S/C29H30N2O5/c1-3-18-8-7-9-19(4-2)26(18)30-17-20(16-25(30)32)29(35)36-22-14-12-21(13-15-22)31-27(33)23-10-5-6-11-24(23)28(31)34/h5-9,12-15,20,23-24H,3-4,10-11,16-17H2,1-2H3/t20-,23+,24+/m1/s1. The quantitative estimate of drug-likeness (QED) is 0.264. The number of rotatable bonds is 6. The maximum absolute atomic E-state index is 12.9.